The van der Waals surface area contributed by atoms with Crippen molar-refractivity contribution in [2.24, 2.45) is 0 Å². The van der Waals surface area contributed by atoms with Crippen molar-refractivity contribution in [3.05, 3.63) is 50.4 Å². The van der Waals surface area contributed by atoms with Gasteiger partial charge in [-0.1, -0.05) is 40.2 Å². The second-order valence-corrected chi connectivity index (χ2v) is 6.23. The Labute approximate surface area is 132 Å². The predicted octanol–water partition coefficient (Wildman–Crippen LogP) is 4.38. The molecule has 2 aromatic carbocycles. The second-order valence-electron chi connectivity index (χ2n) is 4.52. The van der Waals surface area contributed by atoms with Crippen LogP contribution >= 0.6 is 31.9 Å². The highest BCUT2D eigenvalue weighted by Crippen LogP contribution is 2.47. The molecular formula is C15H9Br2NO2. The van der Waals surface area contributed by atoms with Crippen LogP contribution in [0.4, 0.5) is 5.69 Å². The molecule has 0 radical (unpaired) electrons. The number of amides is 1. The van der Waals surface area contributed by atoms with E-state index in [9.17, 15) is 9.59 Å². The lowest BCUT2D eigenvalue weighted by atomic mass is 10.0. The summed E-state index contributed by atoms with van der Waals surface area (Å²) in [4.78, 5) is 24.0. The van der Waals surface area contributed by atoms with Gasteiger partial charge < -0.3 is 5.32 Å². The number of nitrogens with one attached hydrogen (secondary N) is 1. The average Bonchev–Trinajstić information content (AvgIpc) is 2.69. The Hall–Kier alpha value is -1.46. The van der Waals surface area contributed by atoms with Crippen LogP contribution < -0.4 is 5.32 Å². The third-order valence-electron chi connectivity index (χ3n) is 3.20. The van der Waals surface area contributed by atoms with E-state index in [1.807, 2.05) is 24.3 Å². The molecule has 2 aromatic rings. The number of hydrogen-bond acceptors (Lipinski definition) is 2. The average molecular weight is 395 g/mol. The lowest BCUT2D eigenvalue weighted by molar-refractivity contribution is -0.114. The van der Waals surface area contributed by atoms with Gasteiger partial charge in [-0.05, 0) is 27.6 Å². The largest absolute Gasteiger partial charge is 0.325 e. The molecule has 0 aliphatic heterocycles. The standard InChI is InChI=1S/C15H9Br2NO2/c1-7(19)18-14-11(17)6-10(16)12-8-4-2-3-5-9(8)15(20)13(12)14/h2-6H,1H3,(H,18,19). The van der Waals surface area contributed by atoms with E-state index in [2.05, 4.69) is 37.2 Å². The van der Waals surface area contributed by atoms with Gasteiger partial charge in [0.2, 0.25) is 5.91 Å². The Morgan fingerprint density at radius 2 is 1.70 bits per heavy atom. The van der Waals surface area contributed by atoms with Crippen molar-refractivity contribution in [3.63, 3.8) is 0 Å². The van der Waals surface area contributed by atoms with Crippen molar-refractivity contribution in [2.75, 3.05) is 5.32 Å². The number of carbonyl (C=O) groups is 2. The molecule has 1 N–H and O–H groups in total. The summed E-state index contributed by atoms with van der Waals surface area (Å²) < 4.78 is 1.51. The fourth-order valence-corrected chi connectivity index (χ4v) is 3.92. The normalized spacial score (nSPS) is 12.1. The maximum Gasteiger partial charge on any atom is 0.221 e. The number of fused-ring (bicyclic) bond motifs is 3. The SMILES string of the molecule is CC(=O)Nc1c(Br)cc(Br)c2c1C(=O)c1ccccc1-2. The first-order valence-corrected chi connectivity index (χ1v) is 7.53. The maximum atomic E-state index is 12.6. The molecule has 1 amide bonds. The van der Waals surface area contributed by atoms with Gasteiger partial charge in [-0.3, -0.25) is 9.59 Å². The molecule has 20 heavy (non-hydrogen) atoms. The summed E-state index contributed by atoms with van der Waals surface area (Å²) in [5, 5.41) is 2.74. The van der Waals surface area contributed by atoms with Gasteiger partial charge in [0, 0.05) is 27.0 Å². The zero-order chi connectivity index (χ0) is 14.4. The van der Waals surface area contributed by atoms with E-state index in [1.54, 1.807) is 6.07 Å². The molecule has 0 saturated carbocycles. The Balaban J connectivity index is 2.36. The minimum Gasteiger partial charge on any atom is -0.325 e. The van der Waals surface area contributed by atoms with Crippen molar-refractivity contribution in [2.45, 2.75) is 6.92 Å². The van der Waals surface area contributed by atoms with Crippen molar-refractivity contribution >= 4 is 49.2 Å². The van der Waals surface area contributed by atoms with Crippen molar-refractivity contribution < 1.29 is 9.59 Å². The van der Waals surface area contributed by atoms with Crippen LogP contribution in [-0.4, -0.2) is 11.7 Å². The molecule has 100 valence electrons. The van der Waals surface area contributed by atoms with Gasteiger partial charge in [0.05, 0.1) is 11.3 Å². The van der Waals surface area contributed by atoms with Crippen molar-refractivity contribution in [1.29, 1.82) is 0 Å². The molecule has 5 heteroatoms. The number of benzene rings is 2. The molecule has 0 saturated heterocycles. The number of halogens is 2. The zero-order valence-electron chi connectivity index (χ0n) is 10.5. The van der Waals surface area contributed by atoms with E-state index < -0.39 is 0 Å². The van der Waals surface area contributed by atoms with E-state index in [4.69, 9.17) is 0 Å². The minimum atomic E-state index is -0.209. The van der Waals surface area contributed by atoms with Crippen LogP contribution in [-0.2, 0) is 4.79 Å². The molecular weight excluding hydrogens is 386 g/mol. The minimum absolute atomic E-state index is 0.0682. The summed E-state index contributed by atoms with van der Waals surface area (Å²) in [5.41, 5.74) is 3.43. The van der Waals surface area contributed by atoms with Crippen molar-refractivity contribution in [3.8, 4) is 11.1 Å². The van der Waals surface area contributed by atoms with Crippen molar-refractivity contribution in [1.82, 2.24) is 0 Å². The fourth-order valence-electron chi connectivity index (χ4n) is 2.44. The number of hydrogen-bond donors (Lipinski definition) is 1. The van der Waals surface area contributed by atoms with Gasteiger partial charge in [-0.15, -0.1) is 0 Å². The second kappa shape index (κ2) is 4.82. The molecule has 0 aromatic heterocycles. The first-order valence-electron chi connectivity index (χ1n) is 5.94. The van der Waals surface area contributed by atoms with E-state index in [0.29, 0.717) is 21.3 Å². The highest BCUT2D eigenvalue weighted by atomic mass is 79.9. The molecule has 1 aliphatic rings. The predicted molar refractivity (Wildman–Crippen MR) is 85.0 cm³/mol. The van der Waals surface area contributed by atoms with Gasteiger partial charge in [0.25, 0.3) is 0 Å². The van der Waals surface area contributed by atoms with E-state index in [-0.39, 0.29) is 11.7 Å². The molecule has 0 spiro atoms. The van der Waals surface area contributed by atoms with Crippen LogP contribution in [0.2, 0.25) is 0 Å². The molecule has 0 bridgehead atoms. The van der Waals surface area contributed by atoms with Gasteiger partial charge in [0.1, 0.15) is 0 Å². The molecule has 3 rings (SSSR count). The lowest BCUT2D eigenvalue weighted by Gasteiger charge is -2.12. The smallest absolute Gasteiger partial charge is 0.221 e. The van der Waals surface area contributed by atoms with Crippen LogP contribution in [0.3, 0.4) is 0 Å². The first-order chi connectivity index (χ1) is 9.50. The van der Waals surface area contributed by atoms with Gasteiger partial charge in [-0.25, -0.2) is 0 Å². The summed E-state index contributed by atoms with van der Waals surface area (Å²) in [6, 6.07) is 9.29. The van der Waals surface area contributed by atoms with Crippen LogP contribution in [0.5, 0.6) is 0 Å². The van der Waals surface area contributed by atoms with Crippen LogP contribution in [0.1, 0.15) is 22.8 Å². The van der Waals surface area contributed by atoms with E-state index >= 15 is 0 Å². The van der Waals surface area contributed by atoms with Gasteiger partial charge in [0.15, 0.2) is 5.78 Å². The van der Waals surface area contributed by atoms with E-state index in [1.165, 1.54) is 6.92 Å². The quantitative estimate of drug-likeness (QED) is 0.665. The summed E-state index contributed by atoms with van der Waals surface area (Å²) in [5.74, 6) is -0.277. The Morgan fingerprint density at radius 1 is 1.05 bits per heavy atom. The highest BCUT2D eigenvalue weighted by Gasteiger charge is 2.32. The first kappa shape index (κ1) is 13.5. The third-order valence-corrected chi connectivity index (χ3v) is 4.45. The molecule has 1 aliphatic carbocycles. The zero-order valence-corrected chi connectivity index (χ0v) is 13.6. The molecule has 0 atom stereocenters. The summed E-state index contributed by atoms with van der Waals surface area (Å²) >= 11 is 6.91. The number of rotatable bonds is 1. The van der Waals surface area contributed by atoms with Crippen LogP contribution in [0.15, 0.2) is 39.3 Å². The number of ketones is 1. The Morgan fingerprint density at radius 3 is 2.35 bits per heavy atom. The summed E-state index contributed by atoms with van der Waals surface area (Å²) in [7, 11) is 0. The Bertz CT molecular complexity index is 769. The monoisotopic (exact) mass is 393 g/mol. The highest BCUT2D eigenvalue weighted by molar-refractivity contribution is 9.11. The summed E-state index contributed by atoms with van der Waals surface area (Å²) in [6.45, 7) is 1.42. The number of anilines is 1. The Kier molecular flexibility index (Phi) is 3.26. The maximum absolute atomic E-state index is 12.6. The topological polar surface area (TPSA) is 46.2 Å². The van der Waals surface area contributed by atoms with Gasteiger partial charge in [-0.2, -0.15) is 0 Å². The molecule has 0 heterocycles. The third kappa shape index (κ3) is 1.93. The lowest BCUT2D eigenvalue weighted by Crippen LogP contribution is -2.11. The molecule has 3 nitrogen and oxygen atoms in total. The molecule has 0 unspecified atom stereocenters. The van der Waals surface area contributed by atoms with Crippen LogP contribution in [0, 0.1) is 0 Å². The van der Waals surface area contributed by atoms with Crippen LogP contribution in [0.25, 0.3) is 11.1 Å². The fraction of sp³-hybridized carbons (Fsp3) is 0.0667. The van der Waals surface area contributed by atoms with E-state index in [0.717, 1.165) is 15.6 Å². The van der Waals surface area contributed by atoms with Gasteiger partial charge >= 0.3 is 0 Å². The summed E-state index contributed by atoms with van der Waals surface area (Å²) in [6.07, 6.45) is 0. The molecule has 0 fully saturated rings. The number of carbonyl (C=O) groups excluding carboxylic acids is 2.